The maximum Gasteiger partial charge on any atom is 0.164 e. The summed E-state index contributed by atoms with van der Waals surface area (Å²) in [5.41, 5.74) is 10.1. The molecule has 0 amide bonds. The number of nitrogens with zero attached hydrogens (tertiary/aromatic N) is 4. The van der Waals surface area contributed by atoms with Gasteiger partial charge in [0.25, 0.3) is 0 Å². The molecule has 3 heterocycles. The minimum atomic E-state index is 0.601. The van der Waals surface area contributed by atoms with Crippen molar-refractivity contribution >= 4 is 54.5 Å². The second-order valence-corrected chi connectivity index (χ2v) is 13.6. The summed E-state index contributed by atoms with van der Waals surface area (Å²) in [5, 5.41) is 6.78. The predicted molar refractivity (Wildman–Crippen MR) is 221 cm³/mol. The maximum absolute atomic E-state index is 6.17. The molecule has 0 N–H and O–H groups in total. The zero-order valence-electron chi connectivity index (χ0n) is 29.0. The van der Waals surface area contributed by atoms with Crippen LogP contribution >= 0.6 is 0 Å². The molecule has 54 heavy (non-hydrogen) atoms. The van der Waals surface area contributed by atoms with Crippen molar-refractivity contribution in [2.75, 3.05) is 0 Å². The van der Waals surface area contributed by atoms with Crippen LogP contribution in [0.15, 0.2) is 186 Å². The lowest BCUT2D eigenvalue weighted by atomic mass is 10.00. The Bertz CT molecular complexity index is 3210. The Kier molecular flexibility index (Phi) is 6.79. The van der Waals surface area contributed by atoms with Crippen molar-refractivity contribution in [2.45, 2.75) is 0 Å². The van der Waals surface area contributed by atoms with Crippen LogP contribution < -0.4 is 0 Å². The van der Waals surface area contributed by atoms with Crippen molar-refractivity contribution in [3.05, 3.63) is 182 Å². The van der Waals surface area contributed by atoms with Gasteiger partial charge in [-0.05, 0) is 76.5 Å². The number of hydrogen-bond donors (Lipinski definition) is 0. The first-order valence-corrected chi connectivity index (χ1v) is 18.1. The van der Waals surface area contributed by atoms with Gasteiger partial charge in [0.1, 0.15) is 11.2 Å². The van der Waals surface area contributed by atoms with Crippen LogP contribution in [0.4, 0.5) is 0 Å². The minimum Gasteiger partial charge on any atom is -0.456 e. The summed E-state index contributed by atoms with van der Waals surface area (Å²) in [7, 11) is 0. The lowest BCUT2D eigenvalue weighted by molar-refractivity contribution is 0.669. The Morgan fingerprint density at radius 1 is 0.370 bits per heavy atom. The predicted octanol–water partition coefficient (Wildman–Crippen LogP) is 12.7. The number of furan rings is 1. The number of hydrogen-bond acceptors (Lipinski definition) is 4. The van der Waals surface area contributed by atoms with Gasteiger partial charge in [-0.25, -0.2) is 15.0 Å². The average Bonchev–Trinajstić information content (AvgIpc) is 3.79. The fourth-order valence-electron chi connectivity index (χ4n) is 7.86. The van der Waals surface area contributed by atoms with Gasteiger partial charge in [0, 0.05) is 43.9 Å². The molecule has 0 saturated heterocycles. The van der Waals surface area contributed by atoms with E-state index in [1.165, 1.54) is 16.3 Å². The van der Waals surface area contributed by atoms with Crippen molar-refractivity contribution in [3.63, 3.8) is 0 Å². The lowest BCUT2D eigenvalue weighted by Crippen LogP contribution is -2.00. The van der Waals surface area contributed by atoms with E-state index < -0.39 is 0 Å². The first kappa shape index (κ1) is 30.3. The summed E-state index contributed by atoms with van der Waals surface area (Å²) in [6.07, 6.45) is 0. The molecule has 11 rings (SSSR count). The van der Waals surface area contributed by atoms with Crippen LogP contribution in [-0.4, -0.2) is 19.5 Å². The summed E-state index contributed by atoms with van der Waals surface area (Å²) in [6, 6.07) is 63.4. The van der Waals surface area contributed by atoms with Crippen molar-refractivity contribution in [3.8, 4) is 51.0 Å². The van der Waals surface area contributed by atoms with Crippen LogP contribution in [0.2, 0.25) is 0 Å². The normalized spacial score (nSPS) is 11.7. The van der Waals surface area contributed by atoms with Gasteiger partial charge in [-0.15, -0.1) is 0 Å². The molecule has 0 aliphatic heterocycles. The summed E-state index contributed by atoms with van der Waals surface area (Å²) in [5.74, 6) is 1.83. The summed E-state index contributed by atoms with van der Waals surface area (Å²) < 4.78 is 8.49. The van der Waals surface area contributed by atoms with Crippen molar-refractivity contribution in [2.24, 2.45) is 0 Å². The highest BCUT2D eigenvalue weighted by molar-refractivity contribution is 6.15. The molecule has 0 saturated carbocycles. The standard InChI is InChI=1S/C49H30N4O/c1-2-13-37(14-3-1)53-42-18-8-6-16-39(42)46-40(17-10-19-43(46)53)49-51-47(33-24-21-32(22-25-33)35-26-23-31-11-4-5-12-34(31)29-35)50-48(52-49)36-27-28-45-41(30-36)38-15-7-9-20-44(38)54-45/h1-30H. The van der Waals surface area contributed by atoms with E-state index in [0.717, 1.165) is 71.7 Å². The highest BCUT2D eigenvalue weighted by Crippen LogP contribution is 2.39. The van der Waals surface area contributed by atoms with Gasteiger partial charge in [0.2, 0.25) is 0 Å². The lowest BCUT2D eigenvalue weighted by Gasteiger charge is -2.11. The van der Waals surface area contributed by atoms with Crippen molar-refractivity contribution in [1.29, 1.82) is 0 Å². The average molecular weight is 691 g/mol. The fraction of sp³-hybridized carbons (Fsp3) is 0. The molecule has 3 aromatic heterocycles. The summed E-state index contributed by atoms with van der Waals surface area (Å²) >= 11 is 0. The maximum atomic E-state index is 6.17. The zero-order valence-corrected chi connectivity index (χ0v) is 29.0. The van der Waals surface area contributed by atoms with Crippen LogP contribution in [0.1, 0.15) is 0 Å². The Hall–Kier alpha value is -7.37. The zero-order chi connectivity index (χ0) is 35.6. The van der Waals surface area contributed by atoms with Gasteiger partial charge in [-0.3, -0.25) is 0 Å². The number of para-hydroxylation sites is 3. The number of fused-ring (bicyclic) bond motifs is 7. The van der Waals surface area contributed by atoms with E-state index in [4.69, 9.17) is 19.4 Å². The first-order chi connectivity index (χ1) is 26.7. The van der Waals surface area contributed by atoms with E-state index in [1.54, 1.807) is 0 Å². The summed E-state index contributed by atoms with van der Waals surface area (Å²) in [6.45, 7) is 0. The molecule has 0 spiro atoms. The van der Waals surface area contributed by atoms with Gasteiger partial charge >= 0.3 is 0 Å². The van der Waals surface area contributed by atoms with E-state index in [9.17, 15) is 0 Å². The Balaban J connectivity index is 1.12. The number of rotatable bonds is 5. The molecule has 8 aromatic carbocycles. The summed E-state index contributed by atoms with van der Waals surface area (Å²) in [4.78, 5) is 15.6. The fourth-order valence-corrected chi connectivity index (χ4v) is 7.86. The van der Waals surface area contributed by atoms with E-state index >= 15 is 0 Å². The molecule has 0 atom stereocenters. The van der Waals surface area contributed by atoms with E-state index in [2.05, 4.69) is 156 Å². The minimum absolute atomic E-state index is 0.601. The second kappa shape index (κ2) is 12.1. The third kappa shape index (κ3) is 4.90. The highest BCUT2D eigenvalue weighted by atomic mass is 16.3. The topological polar surface area (TPSA) is 56.7 Å². The first-order valence-electron chi connectivity index (χ1n) is 18.1. The van der Waals surface area contributed by atoms with Crippen LogP contribution in [-0.2, 0) is 0 Å². The monoisotopic (exact) mass is 690 g/mol. The van der Waals surface area contributed by atoms with Crippen molar-refractivity contribution in [1.82, 2.24) is 19.5 Å². The largest absolute Gasteiger partial charge is 0.456 e. The quantitative estimate of drug-likeness (QED) is 0.180. The Labute approximate surface area is 310 Å². The van der Waals surface area contributed by atoms with Crippen LogP contribution in [0.5, 0.6) is 0 Å². The van der Waals surface area contributed by atoms with Gasteiger partial charge in [-0.2, -0.15) is 0 Å². The molecule has 0 bridgehead atoms. The molecule has 5 heteroatoms. The van der Waals surface area contributed by atoms with Crippen molar-refractivity contribution < 1.29 is 4.42 Å². The molecular weight excluding hydrogens is 661 g/mol. The van der Waals surface area contributed by atoms with E-state index in [-0.39, 0.29) is 0 Å². The van der Waals surface area contributed by atoms with Crippen LogP contribution in [0, 0.1) is 0 Å². The Morgan fingerprint density at radius 3 is 1.87 bits per heavy atom. The third-order valence-corrected chi connectivity index (χ3v) is 10.4. The molecule has 0 aliphatic rings. The SMILES string of the molecule is c1ccc(-n2c3ccccc3c3c(-c4nc(-c5ccc(-c6ccc7ccccc7c6)cc5)nc(-c5ccc6oc7ccccc7c6c5)n4)cccc32)cc1. The van der Waals surface area contributed by atoms with Gasteiger partial charge in [-0.1, -0.05) is 127 Å². The molecule has 252 valence electrons. The molecule has 0 unspecified atom stereocenters. The number of aromatic nitrogens is 4. The van der Waals surface area contributed by atoms with Gasteiger partial charge < -0.3 is 8.98 Å². The molecule has 0 aliphatic carbocycles. The smallest absolute Gasteiger partial charge is 0.164 e. The van der Waals surface area contributed by atoms with E-state index in [1.807, 2.05) is 30.3 Å². The van der Waals surface area contributed by atoms with Crippen LogP contribution in [0.25, 0.3) is 105 Å². The highest BCUT2D eigenvalue weighted by Gasteiger charge is 2.20. The third-order valence-electron chi connectivity index (χ3n) is 10.4. The molecule has 0 radical (unpaired) electrons. The van der Waals surface area contributed by atoms with E-state index in [0.29, 0.717) is 17.5 Å². The Morgan fingerprint density at radius 2 is 1.00 bits per heavy atom. The van der Waals surface area contributed by atoms with Crippen LogP contribution in [0.3, 0.4) is 0 Å². The molecule has 0 fully saturated rings. The number of benzene rings is 8. The molecule has 5 nitrogen and oxygen atoms in total. The molecule has 11 aromatic rings. The van der Waals surface area contributed by atoms with Gasteiger partial charge in [0.05, 0.1) is 11.0 Å². The molecular formula is C49H30N4O. The van der Waals surface area contributed by atoms with Gasteiger partial charge in [0.15, 0.2) is 17.5 Å². The second-order valence-electron chi connectivity index (χ2n) is 13.6.